The molecule has 3 aromatic rings. The predicted octanol–water partition coefficient (Wildman–Crippen LogP) is 4.31. The van der Waals surface area contributed by atoms with Gasteiger partial charge in [-0.1, -0.05) is 42.5 Å². The molecule has 0 atom stereocenters. The fourth-order valence-corrected chi connectivity index (χ4v) is 2.97. The van der Waals surface area contributed by atoms with Crippen LogP contribution in [-0.2, 0) is 6.54 Å². The van der Waals surface area contributed by atoms with Gasteiger partial charge < -0.3 is 19.5 Å². The minimum atomic E-state index is -0.167. The van der Waals surface area contributed by atoms with Gasteiger partial charge in [0.05, 0.1) is 33.4 Å². The van der Waals surface area contributed by atoms with Crippen molar-refractivity contribution in [1.82, 2.24) is 5.32 Å². The molecule has 144 valence electrons. The van der Waals surface area contributed by atoms with Crippen molar-refractivity contribution in [3.05, 3.63) is 77.9 Å². The van der Waals surface area contributed by atoms with Crippen LogP contribution in [0.1, 0.15) is 15.9 Å². The van der Waals surface area contributed by atoms with Crippen molar-refractivity contribution in [3.8, 4) is 28.4 Å². The van der Waals surface area contributed by atoms with E-state index in [1.54, 1.807) is 33.5 Å². The first-order valence-corrected chi connectivity index (χ1v) is 8.89. The maximum atomic E-state index is 12.6. The number of benzene rings is 3. The maximum absolute atomic E-state index is 12.6. The molecular weight excluding hydrogens is 354 g/mol. The van der Waals surface area contributed by atoms with Gasteiger partial charge in [-0.25, -0.2) is 0 Å². The Morgan fingerprint density at radius 1 is 0.786 bits per heavy atom. The summed E-state index contributed by atoms with van der Waals surface area (Å²) in [7, 11) is 4.72. The molecule has 0 radical (unpaired) electrons. The van der Waals surface area contributed by atoms with Gasteiger partial charge >= 0.3 is 0 Å². The highest BCUT2D eigenvalue weighted by molar-refractivity contribution is 5.94. The molecule has 0 saturated carbocycles. The van der Waals surface area contributed by atoms with E-state index in [1.165, 1.54) is 0 Å². The van der Waals surface area contributed by atoms with E-state index >= 15 is 0 Å². The average Bonchev–Trinajstić information content (AvgIpc) is 2.77. The van der Waals surface area contributed by atoms with Gasteiger partial charge in [0, 0.05) is 17.7 Å². The predicted molar refractivity (Wildman–Crippen MR) is 109 cm³/mol. The van der Waals surface area contributed by atoms with Crippen molar-refractivity contribution in [2.75, 3.05) is 21.3 Å². The lowest BCUT2D eigenvalue weighted by atomic mass is 10.0. The van der Waals surface area contributed by atoms with E-state index in [0.717, 1.165) is 16.7 Å². The summed E-state index contributed by atoms with van der Waals surface area (Å²) >= 11 is 0. The highest BCUT2D eigenvalue weighted by atomic mass is 16.5. The van der Waals surface area contributed by atoms with E-state index in [1.807, 2.05) is 54.6 Å². The van der Waals surface area contributed by atoms with Crippen molar-refractivity contribution in [3.63, 3.8) is 0 Å². The van der Waals surface area contributed by atoms with Crippen molar-refractivity contribution in [2.45, 2.75) is 6.54 Å². The second-order valence-electron chi connectivity index (χ2n) is 6.14. The molecule has 28 heavy (non-hydrogen) atoms. The van der Waals surface area contributed by atoms with Gasteiger partial charge in [-0.15, -0.1) is 0 Å². The summed E-state index contributed by atoms with van der Waals surface area (Å²) in [4.78, 5) is 12.6. The molecule has 0 aromatic heterocycles. The maximum Gasteiger partial charge on any atom is 0.251 e. The highest BCUT2D eigenvalue weighted by Crippen LogP contribution is 2.34. The van der Waals surface area contributed by atoms with Gasteiger partial charge in [0.25, 0.3) is 5.91 Å². The van der Waals surface area contributed by atoms with Gasteiger partial charge in [0.15, 0.2) is 0 Å². The van der Waals surface area contributed by atoms with Crippen LogP contribution < -0.4 is 19.5 Å². The summed E-state index contributed by atoms with van der Waals surface area (Å²) in [5, 5.41) is 2.92. The Labute approximate surface area is 164 Å². The third-order valence-electron chi connectivity index (χ3n) is 4.50. The zero-order valence-electron chi connectivity index (χ0n) is 16.2. The molecule has 5 nitrogen and oxygen atoms in total. The van der Waals surface area contributed by atoms with E-state index in [4.69, 9.17) is 14.2 Å². The van der Waals surface area contributed by atoms with Crippen LogP contribution in [0.25, 0.3) is 11.1 Å². The van der Waals surface area contributed by atoms with E-state index in [9.17, 15) is 4.79 Å². The summed E-state index contributed by atoms with van der Waals surface area (Å²) in [5.74, 6) is 1.65. The van der Waals surface area contributed by atoms with Gasteiger partial charge in [-0.2, -0.15) is 0 Å². The van der Waals surface area contributed by atoms with Crippen molar-refractivity contribution >= 4 is 5.91 Å². The largest absolute Gasteiger partial charge is 0.496 e. The van der Waals surface area contributed by atoms with Gasteiger partial charge in [0.2, 0.25) is 0 Å². The number of amides is 1. The number of carbonyl (C=O) groups excluding carboxylic acids is 1. The molecule has 0 fully saturated rings. The Kier molecular flexibility index (Phi) is 6.17. The number of nitrogens with one attached hydrogen (secondary N) is 1. The Hall–Kier alpha value is -3.47. The van der Waals surface area contributed by atoms with Crippen LogP contribution in [0, 0.1) is 0 Å². The lowest BCUT2D eigenvalue weighted by Gasteiger charge is -2.15. The summed E-state index contributed by atoms with van der Waals surface area (Å²) in [6, 6.07) is 21.1. The first kappa shape index (κ1) is 19.3. The Morgan fingerprint density at radius 2 is 1.36 bits per heavy atom. The van der Waals surface area contributed by atoms with Gasteiger partial charge in [-0.3, -0.25) is 4.79 Å². The molecule has 3 rings (SSSR count). The number of hydrogen-bond donors (Lipinski definition) is 1. The number of carbonyl (C=O) groups is 1. The van der Waals surface area contributed by atoms with E-state index < -0.39 is 0 Å². The first-order chi connectivity index (χ1) is 13.7. The zero-order valence-corrected chi connectivity index (χ0v) is 16.2. The van der Waals surface area contributed by atoms with Crippen LogP contribution in [0.15, 0.2) is 66.7 Å². The fraction of sp³-hybridized carbons (Fsp3) is 0.174. The third kappa shape index (κ3) is 4.26. The van der Waals surface area contributed by atoms with E-state index in [0.29, 0.717) is 22.8 Å². The van der Waals surface area contributed by atoms with Crippen LogP contribution in [0.5, 0.6) is 17.2 Å². The number of rotatable bonds is 7. The van der Waals surface area contributed by atoms with Crippen molar-refractivity contribution in [1.29, 1.82) is 0 Å². The molecule has 0 aliphatic heterocycles. The quantitative estimate of drug-likeness (QED) is 0.667. The molecule has 3 aromatic carbocycles. The topological polar surface area (TPSA) is 56.8 Å². The monoisotopic (exact) mass is 377 g/mol. The normalized spacial score (nSPS) is 10.2. The highest BCUT2D eigenvalue weighted by Gasteiger charge is 2.15. The van der Waals surface area contributed by atoms with Crippen LogP contribution >= 0.6 is 0 Å². The third-order valence-corrected chi connectivity index (χ3v) is 4.50. The summed E-state index contributed by atoms with van der Waals surface area (Å²) in [6.07, 6.45) is 0. The first-order valence-electron chi connectivity index (χ1n) is 8.89. The Balaban J connectivity index is 1.74. The molecule has 5 heteroatoms. The van der Waals surface area contributed by atoms with Gasteiger partial charge in [0.1, 0.15) is 17.2 Å². The molecule has 0 bridgehead atoms. The van der Waals surface area contributed by atoms with Crippen LogP contribution in [-0.4, -0.2) is 27.2 Å². The summed E-state index contributed by atoms with van der Waals surface area (Å²) < 4.78 is 16.1. The lowest BCUT2D eigenvalue weighted by Crippen LogP contribution is -2.23. The van der Waals surface area contributed by atoms with E-state index in [-0.39, 0.29) is 12.5 Å². The van der Waals surface area contributed by atoms with Crippen LogP contribution in [0.3, 0.4) is 0 Å². The standard InChI is InChI=1S/C23H23NO4/c1-26-19-13-21(27-2)20(22(14-19)28-3)15-24-23(25)18-11-9-17(10-12-18)16-7-5-4-6-8-16/h4-14H,15H2,1-3H3,(H,24,25). The van der Waals surface area contributed by atoms with Crippen molar-refractivity contribution in [2.24, 2.45) is 0 Å². The number of methoxy groups -OCH3 is 3. The zero-order chi connectivity index (χ0) is 19.9. The molecule has 1 amide bonds. The Morgan fingerprint density at radius 3 is 1.89 bits per heavy atom. The molecule has 0 saturated heterocycles. The fourth-order valence-electron chi connectivity index (χ4n) is 2.97. The molecule has 1 N–H and O–H groups in total. The SMILES string of the molecule is COc1cc(OC)c(CNC(=O)c2ccc(-c3ccccc3)cc2)c(OC)c1. The van der Waals surface area contributed by atoms with Gasteiger partial charge in [-0.05, 0) is 23.3 Å². The molecule has 0 heterocycles. The smallest absolute Gasteiger partial charge is 0.251 e. The lowest BCUT2D eigenvalue weighted by molar-refractivity contribution is 0.0950. The average molecular weight is 377 g/mol. The second-order valence-corrected chi connectivity index (χ2v) is 6.14. The number of hydrogen-bond acceptors (Lipinski definition) is 4. The van der Waals surface area contributed by atoms with E-state index in [2.05, 4.69) is 5.32 Å². The Bertz CT molecular complexity index is 912. The molecule has 0 aliphatic rings. The second kappa shape index (κ2) is 8.95. The molecular formula is C23H23NO4. The molecule has 0 unspecified atom stereocenters. The van der Waals surface area contributed by atoms with Crippen molar-refractivity contribution < 1.29 is 19.0 Å². The molecule has 0 aliphatic carbocycles. The van der Waals surface area contributed by atoms with Crippen LogP contribution in [0.2, 0.25) is 0 Å². The minimum Gasteiger partial charge on any atom is -0.496 e. The molecule has 0 spiro atoms. The summed E-state index contributed by atoms with van der Waals surface area (Å²) in [6.45, 7) is 0.273. The summed E-state index contributed by atoms with van der Waals surface area (Å²) in [5.41, 5.74) is 3.52. The number of ether oxygens (including phenoxy) is 3. The minimum absolute atomic E-state index is 0.167. The van der Waals surface area contributed by atoms with Crippen LogP contribution in [0.4, 0.5) is 0 Å².